The topological polar surface area (TPSA) is 67.2 Å². The molecule has 0 aromatic carbocycles. The van der Waals surface area contributed by atoms with Crippen molar-refractivity contribution in [1.82, 2.24) is 20.0 Å². The predicted octanol–water partition coefficient (Wildman–Crippen LogP) is 0.256. The van der Waals surface area contributed by atoms with Crippen molar-refractivity contribution in [3.63, 3.8) is 0 Å². The number of hydrogen-bond donors (Lipinski definition) is 1. The summed E-state index contributed by atoms with van der Waals surface area (Å²) in [6, 6.07) is 1.45. The van der Waals surface area contributed by atoms with Crippen molar-refractivity contribution in [2.75, 3.05) is 13.1 Å². The van der Waals surface area contributed by atoms with Gasteiger partial charge in [-0.15, -0.1) is 0 Å². The minimum atomic E-state index is -0.385. The second-order valence-electron chi connectivity index (χ2n) is 4.96. The van der Waals surface area contributed by atoms with E-state index in [1.54, 1.807) is 15.8 Å². The van der Waals surface area contributed by atoms with E-state index in [9.17, 15) is 9.59 Å². The van der Waals surface area contributed by atoms with Crippen LogP contribution >= 0.6 is 0 Å². The van der Waals surface area contributed by atoms with Crippen molar-refractivity contribution >= 4 is 11.8 Å². The quantitative estimate of drug-likeness (QED) is 0.829. The lowest BCUT2D eigenvalue weighted by Gasteiger charge is -2.35. The molecule has 2 amide bonds. The second-order valence-corrected chi connectivity index (χ2v) is 4.96. The second kappa shape index (κ2) is 5.86. The summed E-state index contributed by atoms with van der Waals surface area (Å²) in [5.74, 6) is 0.0930. The Morgan fingerprint density at radius 3 is 2.89 bits per heavy atom. The number of carbonyl (C=O) groups excluding carboxylic acids is 2. The van der Waals surface area contributed by atoms with Gasteiger partial charge < -0.3 is 10.2 Å². The molecule has 1 N–H and O–H groups in total. The molecule has 1 aromatic rings. The first-order chi connectivity index (χ1) is 9.11. The highest BCUT2D eigenvalue weighted by atomic mass is 16.2. The Labute approximate surface area is 112 Å². The van der Waals surface area contributed by atoms with E-state index in [0.717, 1.165) is 6.42 Å². The van der Waals surface area contributed by atoms with Crippen molar-refractivity contribution in [3.8, 4) is 0 Å². The maximum Gasteiger partial charge on any atom is 0.245 e. The fourth-order valence-electron chi connectivity index (χ4n) is 2.20. The first-order valence-electron chi connectivity index (χ1n) is 6.67. The van der Waals surface area contributed by atoms with Crippen molar-refractivity contribution < 1.29 is 9.59 Å². The van der Waals surface area contributed by atoms with Crippen LogP contribution in [0.15, 0.2) is 18.5 Å². The van der Waals surface area contributed by atoms with Gasteiger partial charge in [0.1, 0.15) is 6.04 Å². The lowest BCUT2D eigenvalue weighted by atomic mass is 9.96. The van der Waals surface area contributed by atoms with E-state index in [1.807, 2.05) is 26.1 Å². The number of nitrogens with one attached hydrogen (secondary N) is 1. The van der Waals surface area contributed by atoms with E-state index in [2.05, 4.69) is 10.4 Å². The summed E-state index contributed by atoms with van der Waals surface area (Å²) < 4.78 is 1.76. The van der Waals surface area contributed by atoms with Gasteiger partial charge in [-0.25, -0.2) is 0 Å². The molecular formula is C13H20N4O2. The third-order valence-corrected chi connectivity index (χ3v) is 3.60. The molecule has 1 aromatic heterocycles. The SMILES string of the molecule is CCC(C)C1NC(=O)CN(CCn2cccn2)C1=O. The smallest absolute Gasteiger partial charge is 0.245 e. The molecule has 6 heteroatoms. The zero-order valence-electron chi connectivity index (χ0n) is 11.4. The van der Waals surface area contributed by atoms with Crippen LogP contribution in [-0.4, -0.2) is 45.6 Å². The summed E-state index contributed by atoms with van der Waals surface area (Å²) >= 11 is 0. The van der Waals surface area contributed by atoms with E-state index in [1.165, 1.54) is 0 Å². The van der Waals surface area contributed by atoms with E-state index in [-0.39, 0.29) is 30.3 Å². The van der Waals surface area contributed by atoms with Gasteiger partial charge in [0.05, 0.1) is 13.1 Å². The van der Waals surface area contributed by atoms with E-state index < -0.39 is 0 Å². The molecule has 2 heterocycles. The first kappa shape index (κ1) is 13.6. The summed E-state index contributed by atoms with van der Waals surface area (Å²) in [6.45, 7) is 5.28. The van der Waals surface area contributed by atoms with Crippen LogP contribution in [0.3, 0.4) is 0 Å². The highest BCUT2D eigenvalue weighted by Crippen LogP contribution is 2.14. The average Bonchev–Trinajstić information content (AvgIpc) is 2.91. The van der Waals surface area contributed by atoms with Crippen molar-refractivity contribution in [2.24, 2.45) is 5.92 Å². The summed E-state index contributed by atoms with van der Waals surface area (Å²) in [5.41, 5.74) is 0. The molecule has 104 valence electrons. The fraction of sp³-hybridized carbons (Fsp3) is 0.615. The maximum atomic E-state index is 12.3. The molecule has 0 aliphatic carbocycles. The number of rotatable bonds is 5. The van der Waals surface area contributed by atoms with Crippen LogP contribution in [-0.2, 0) is 16.1 Å². The van der Waals surface area contributed by atoms with Crippen LogP contribution in [0.2, 0.25) is 0 Å². The van der Waals surface area contributed by atoms with E-state index in [4.69, 9.17) is 0 Å². The molecule has 1 aliphatic rings. The largest absolute Gasteiger partial charge is 0.342 e. The van der Waals surface area contributed by atoms with Crippen LogP contribution < -0.4 is 5.32 Å². The maximum absolute atomic E-state index is 12.3. The van der Waals surface area contributed by atoms with Gasteiger partial charge in [-0.2, -0.15) is 5.10 Å². The lowest BCUT2D eigenvalue weighted by molar-refractivity contribution is -0.145. The van der Waals surface area contributed by atoms with Gasteiger partial charge in [0, 0.05) is 18.9 Å². The summed E-state index contributed by atoms with van der Waals surface area (Å²) in [4.78, 5) is 25.6. The molecule has 1 fully saturated rings. The fourth-order valence-corrected chi connectivity index (χ4v) is 2.20. The molecular weight excluding hydrogens is 244 g/mol. The van der Waals surface area contributed by atoms with Gasteiger partial charge in [-0.3, -0.25) is 14.3 Å². The molecule has 1 saturated heterocycles. The zero-order valence-corrected chi connectivity index (χ0v) is 11.4. The molecule has 2 rings (SSSR count). The highest BCUT2D eigenvalue weighted by Gasteiger charge is 2.35. The van der Waals surface area contributed by atoms with Gasteiger partial charge in [0.2, 0.25) is 11.8 Å². The Morgan fingerprint density at radius 2 is 2.26 bits per heavy atom. The van der Waals surface area contributed by atoms with Gasteiger partial charge >= 0.3 is 0 Å². The summed E-state index contributed by atoms with van der Waals surface area (Å²) in [7, 11) is 0. The Bertz CT molecular complexity index is 444. The number of aromatic nitrogens is 2. The lowest BCUT2D eigenvalue weighted by Crippen LogP contribution is -2.60. The highest BCUT2D eigenvalue weighted by molar-refractivity contribution is 5.94. The molecule has 2 atom stereocenters. The van der Waals surface area contributed by atoms with Crippen LogP contribution in [0.1, 0.15) is 20.3 Å². The van der Waals surface area contributed by atoms with Crippen LogP contribution in [0.25, 0.3) is 0 Å². The average molecular weight is 264 g/mol. The minimum Gasteiger partial charge on any atom is -0.342 e. The Kier molecular flexibility index (Phi) is 4.19. The molecule has 0 saturated carbocycles. The number of piperazine rings is 1. The number of amides is 2. The molecule has 0 bridgehead atoms. The van der Waals surface area contributed by atoms with Gasteiger partial charge in [0.15, 0.2) is 0 Å². The first-order valence-corrected chi connectivity index (χ1v) is 6.67. The molecule has 6 nitrogen and oxygen atoms in total. The van der Waals surface area contributed by atoms with Crippen LogP contribution in [0, 0.1) is 5.92 Å². The molecule has 1 aliphatic heterocycles. The molecule has 2 unspecified atom stereocenters. The van der Waals surface area contributed by atoms with E-state index in [0.29, 0.717) is 13.1 Å². The standard InChI is InChI=1S/C13H20N4O2/c1-3-10(2)12-13(19)16(9-11(18)15-12)7-8-17-6-4-5-14-17/h4-6,10,12H,3,7-9H2,1-2H3,(H,15,18). The molecule has 19 heavy (non-hydrogen) atoms. The summed E-state index contributed by atoms with van der Waals surface area (Å²) in [6.07, 6.45) is 4.41. The monoisotopic (exact) mass is 264 g/mol. The summed E-state index contributed by atoms with van der Waals surface area (Å²) in [5, 5.41) is 6.88. The molecule has 0 radical (unpaired) electrons. The number of hydrogen-bond acceptors (Lipinski definition) is 3. The Balaban J connectivity index is 1.99. The minimum absolute atomic E-state index is 0.0149. The third-order valence-electron chi connectivity index (χ3n) is 3.60. The molecule has 0 spiro atoms. The van der Waals surface area contributed by atoms with Crippen molar-refractivity contribution in [2.45, 2.75) is 32.9 Å². The van der Waals surface area contributed by atoms with Gasteiger partial charge in [-0.1, -0.05) is 20.3 Å². The van der Waals surface area contributed by atoms with Crippen LogP contribution in [0.5, 0.6) is 0 Å². The van der Waals surface area contributed by atoms with Crippen LogP contribution in [0.4, 0.5) is 0 Å². The predicted molar refractivity (Wildman–Crippen MR) is 70.2 cm³/mol. The number of carbonyl (C=O) groups is 2. The Hall–Kier alpha value is -1.85. The van der Waals surface area contributed by atoms with E-state index >= 15 is 0 Å². The Morgan fingerprint density at radius 1 is 1.47 bits per heavy atom. The van der Waals surface area contributed by atoms with Gasteiger partial charge in [0.25, 0.3) is 0 Å². The zero-order chi connectivity index (χ0) is 13.8. The van der Waals surface area contributed by atoms with Crippen molar-refractivity contribution in [3.05, 3.63) is 18.5 Å². The third kappa shape index (κ3) is 3.13. The van der Waals surface area contributed by atoms with Gasteiger partial charge in [-0.05, 0) is 12.0 Å². The van der Waals surface area contributed by atoms with Crippen molar-refractivity contribution in [1.29, 1.82) is 0 Å². The number of nitrogens with zero attached hydrogens (tertiary/aromatic N) is 3. The normalized spacial score (nSPS) is 21.4.